The van der Waals surface area contributed by atoms with Crippen molar-refractivity contribution < 1.29 is 28.8 Å². The van der Waals surface area contributed by atoms with Gasteiger partial charge >= 0.3 is 11.9 Å². The lowest BCUT2D eigenvalue weighted by molar-refractivity contribution is -0.385. The zero-order valence-corrected chi connectivity index (χ0v) is 11.5. The van der Waals surface area contributed by atoms with Gasteiger partial charge < -0.3 is 14.8 Å². The molecule has 0 saturated heterocycles. The Morgan fingerprint density at radius 3 is 2.05 bits per heavy atom. The van der Waals surface area contributed by atoms with E-state index in [9.17, 15) is 24.5 Å². The number of nitro groups is 1. The van der Waals surface area contributed by atoms with Crippen molar-refractivity contribution >= 4 is 29.2 Å². The fourth-order valence-corrected chi connectivity index (χ4v) is 1.66. The first-order chi connectivity index (χ1) is 9.83. The van der Waals surface area contributed by atoms with E-state index in [1.54, 1.807) is 0 Å². The van der Waals surface area contributed by atoms with Crippen LogP contribution in [0.1, 0.15) is 27.6 Å². The number of nitrogens with zero attached hydrogens (tertiary/aromatic N) is 1. The first-order valence-corrected chi connectivity index (χ1v) is 5.59. The van der Waals surface area contributed by atoms with E-state index in [0.717, 1.165) is 26.4 Å². The van der Waals surface area contributed by atoms with E-state index in [2.05, 4.69) is 14.8 Å². The molecule has 0 heterocycles. The van der Waals surface area contributed by atoms with Gasteiger partial charge in [-0.25, -0.2) is 9.59 Å². The Bertz CT molecular complexity index is 624. The van der Waals surface area contributed by atoms with Crippen molar-refractivity contribution in [3.63, 3.8) is 0 Å². The highest BCUT2D eigenvalue weighted by Gasteiger charge is 2.31. The summed E-state index contributed by atoms with van der Waals surface area (Å²) in [6.07, 6.45) is 0. The van der Waals surface area contributed by atoms with E-state index in [4.69, 9.17) is 0 Å². The number of amides is 1. The number of hydrogen-bond acceptors (Lipinski definition) is 7. The van der Waals surface area contributed by atoms with Crippen LogP contribution in [0.3, 0.4) is 0 Å². The fraction of sp³-hybridized carbons (Fsp3) is 0.250. The van der Waals surface area contributed by atoms with Gasteiger partial charge in [0.1, 0.15) is 5.56 Å². The van der Waals surface area contributed by atoms with Gasteiger partial charge in [0, 0.05) is 13.0 Å². The molecule has 1 aromatic rings. The molecule has 0 aliphatic carbocycles. The Hall–Kier alpha value is -2.97. The number of anilines is 1. The molecule has 1 aromatic carbocycles. The SMILES string of the molecule is COC(=O)c1c(NC(C)=O)ccc([N+](=O)[O-])c1C(=O)OC. The van der Waals surface area contributed by atoms with Crippen molar-refractivity contribution in [3.05, 3.63) is 33.4 Å². The molecule has 0 fully saturated rings. The van der Waals surface area contributed by atoms with Gasteiger partial charge in [-0.05, 0) is 6.07 Å². The first-order valence-electron chi connectivity index (χ1n) is 5.59. The molecule has 0 bridgehead atoms. The van der Waals surface area contributed by atoms with Gasteiger partial charge in [0.15, 0.2) is 5.56 Å². The molecule has 0 spiro atoms. The number of nitrogens with one attached hydrogen (secondary N) is 1. The molecule has 0 atom stereocenters. The lowest BCUT2D eigenvalue weighted by Gasteiger charge is -2.12. The van der Waals surface area contributed by atoms with Crippen LogP contribution in [0.15, 0.2) is 12.1 Å². The molecule has 9 heteroatoms. The zero-order chi connectivity index (χ0) is 16.2. The third kappa shape index (κ3) is 3.32. The monoisotopic (exact) mass is 296 g/mol. The number of esters is 2. The number of methoxy groups -OCH3 is 2. The summed E-state index contributed by atoms with van der Waals surface area (Å²) in [4.78, 5) is 44.9. The smallest absolute Gasteiger partial charge is 0.345 e. The van der Waals surface area contributed by atoms with Crippen molar-refractivity contribution in [2.45, 2.75) is 6.92 Å². The molecule has 1 rings (SSSR count). The highest BCUT2D eigenvalue weighted by molar-refractivity contribution is 6.11. The summed E-state index contributed by atoms with van der Waals surface area (Å²) in [6, 6.07) is 2.13. The Labute approximate surface area is 119 Å². The molecule has 0 aliphatic rings. The van der Waals surface area contributed by atoms with Gasteiger partial charge in [0.05, 0.1) is 24.8 Å². The molecule has 0 saturated carbocycles. The van der Waals surface area contributed by atoms with Crippen LogP contribution in [-0.2, 0) is 14.3 Å². The average Bonchev–Trinajstić information content (AvgIpc) is 2.44. The largest absolute Gasteiger partial charge is 0.465 e. The topological polar surface area (TPSA) is 125 Å². The molecule has 9 nitrogen and oxygen atoms in total. The van der Waals surface area contributed by atoms with Gasteiger partial charge in [-0.15, -0.1) is 0 Å². The van der Waals surface area contributed by atoms with Gasteiger partial charge in [-0.3, -0.25) is 14.9 Å². The summed E-state index contributed by atoms with van der Waals surface area (Å²) in [7, 11) is 2.05. The highest BCUT2D eigenvalue weighted by Crippen LogP contribution is 2.30. The van der Waals surface area contributed by atoms with E-state index >= 15 is 0 Å². The maximum atomic E-state index is 11.8. The summed E-state index contributed by atoms with van der Waals surface area (Å²) >= 11 is 0. The van der Waals surface area contributed by atoms with E-state index in [1.165, 1.54) is 6.92 Å². The predicted octanol–water partition coefficient (Wildman–Crippen LogP) is 1.13. The quantitative estimate of drug-likeness (QED) is 0.501. The van der Waals surface area contributed by atoms with Crippen molar-refractivity contribution in [3.8, 4) is 0 Å². The fourth-order valence-electron chi connectivity index (χ4n) is 1.66. The van der Waals surface area contributed by atoms with E-state index in [-0.39, 0.29) is 5.69 Å². The molecule has 1 N–H and O–H groups in total. The molecule has 0 radical (unpaired) electrons. The van der Waals surface area contributed by atoms with Gasteiger partial charge in [-0.1, -0.05) is 0 Å². The summed E-state index contributed by atoms with van der Waals surface area (Å²) in [6.45, 7) is 1.18. The molecule has 1 amide bonds. The minimum atomic E-state index is -1.09. The Kier molecular flexibility index (Phi) is 4.95. The van der Waals surface area contributed by atoms with Crippen LogP contribution in [0.2, 0.25) is 0 Å². The van der Waals surface area contributed by atoms with Crippen LogP contribution in [0, 0.1) is 10.1 Å². The number of hydrogen-bond donors (Lipinski definition) is 1. The second-order valence-electron chi connectivity index (χ2n) is 3.80. The maximum Gasteiger partial charge on any atom is 0.345 e. The normalized spacial score (nSPS) is 9.67. The van der Waals surface area contributed by atoms with E-state index in [0.29, 0.717) is 0 Å². The number of ether oxygens (including phenoxy) is 2. The number of nitro benzene ring substituents is 1. The van der Waals surface area contributed by atoms with Gasteiger partial charge in [-0.2, -0.15) is 0 Å². The number of carbonyl (C=O) groups excluding carboxylic acids is 3. The molecule has 0 aromatic heterocycles. The second kappa shape index (κ2) is 6.46. The minimum absolute atomic E-state index is 0.0830. The maximum absolute atomic E-state index is 11.8. The minimum Gasteiger partial charge on any atom is -0.465 e. The summed E-state index contributed by atoms with van der Waals surface area (Å²) < 4.78 is 8.97. The zero-order valence-electron chi connectivity index (χ0n) is 11.5. The third-order valence-electron chi connectivity index (χ3n) is 2.47. The Morgan fingerprint density at radius 2 is 1.62 bits per heavy atom. The van der Waals surface area contributed by atoms with Crippen molar-refractivity contribution in [2.75, 3.05) is 19.5 Å². The molecule has 21 heavy (non-hydrogen) atoms. The lowest BCUT2D eigenvalue weighted by atomic mass is 10.0. The van der Waals surface area contributed by atoms with Gasteiger partial charge in [0.25, 0.3) is 5.69 Å². The molecule has 112 valence electrons. The van der Waals surface area contributed by atoms with Crippen LogP contribution >= 0.6 is 0 Å². The Morgan fingerprint density at radius 1 is 1.10 bits per heavy atom. The van der Waals surface area contributed by atoms with Crippen LogP contribution in [0.5, 0.6) is 0 Å². The van der Waals surface area contributed by atoms with Crippen LogP contribution < -0.4 is 5.32 Å². The Balaban J connectivity index is 3.72. The molecule has 0 aliphatic heterocycles. The third-order valence-corrected chi connectivity index (χ3v) is 2.47. The second-order valence-corrected chi connectivity index (χ2v) is 3.80. The molecular formula is C12H12N2O7. The summed E-state index contributed by atoms with van der Waals surface area (Å²) in [5.41, 5.74) is -1.73. The summed E-state index contributed by atoms with van der Waals surface area (Å²) in [5, 5.41) is 13.3. The number of carbonyl (C=O) groups is 3. The van der Waals surface area contributed by atoms with Crippen molar-refractivity contribution in [1.82, 2.24) is 0 Å². The van der Waals surface area contributed by atoms with Crippen LogP contribution in [-0.4, -0.2) is 37.0 Å². The summed E-state index contributed by atoms with van der Waals surface area (Å²) in [5.74, 6) is -2.62. The highest BCUT2D eigenvalue weighted by atomic mass is 16.6. The molecular weight excluding hydrogens is 284 g/mol. The van der Waals surface area contributed by atoms with Crippen molar-refractivity contribution in [1.29, 1.82) is 0 Å². The number of benzene rings is 1. The van der Waals surface area contributed by atoms with Gasteiger partial charge in [0.2, 0.25) is 5.91 Å². The molecule has 0 unspecified atom stereocenters. The van der Waals surface area contributed by atoms with Crippen molar-refractivity contribution in [2.24, 2.45) is 0 Å². The van der Waals surface area contributed by atoms with Crippen LogP contribution in [0.4, 0.5) is 11.4 Å². The lowest BCUT2D eigenvalue weighted by Crippen LogP contribution is -2.18. The first kappa shape index (κ1) is 16.1. The average molecular weight is 296 g/mol. The van der Waals surface area contributed by atoms with E-state index in [1.807, 2.05) is 0 Å². The number of rotatable bonds is 4. The van der Waals surface area contributed by atoms with E-state index < -0.39 is 39.6 Å². The standard InChI is InChI=1S/C12H12N2O7/c1-6(15)13-7-4-5-8(14(18)19)10(12(17)21-3)9(7)11(16)20-2/h4-5H,1-3H3,(H,13,15). The van der Waals surface area contributed by atoms with Crippen LogP contribution in [0.25, 0.3) is 0 Å². The predicted molar refractivity (Wildman–Crippen MR) is 70.1 cm³/mol.